The van der Waals surface area contributed by atoms with E-state index in [2.05, 4.69) is 17.2 Å². The van der Waals surface area contributed by atoms with Crippen LogP contribution in [0, 0.1) is 11.8 Å². The van der Waals surface area contributed by atoms with Gasteiger partial charge in [0.05, 0.1) is 0 Å². The summed E-state index contributed by atoms with van der Waals surface area (Å²) in [5.41, 5.74) is 1.88. The smallest absolute Gasteiger partial charge is 0.216 e. The van der Waals surface area contributed by atoms with Crippen LogP contribution in [0.1, 0.15) is 31.4 Å². The van der Waals surface area contributed by atoms with Gasteiger partial charge >= 0.3 is 0 Å². The Hall–Kier alpha value is -2.08. The zero-order valence-corrected chi connectivity index (χ0v) is 10.7. The minimum atomic E-state index is -0.0414. The summed E-state index contributed by atoms with van der Waals surface area (Å²) in [6.45, 7) is 3.62. The average molecular weight is 243 g/mol. The van der Waals surface area contributed by atoms with Crippen molar-refractivity contribution in [2.45, 2.75) is 26.7 Å². The first kappa shape index (κ1) is 14.0. The third kappa shape index (κ3) is 5.86. The molecule has 94 valence electrons. The molecule has 3 nitrogen and oxygen atoms in total. The number of carbonyl (C=O) groups excluding carboxylic acids is 2. The molecule has 0 bridgehead atoms. The van der Waals surface area contributed by atoms with E-state index >= 15 is 0 Å². The first-order valence-corrected chi connectivity index (χ1v) is 5.89. The number of carbonyl (C=O) groups is 2. The number of nitrogens with one attached hydrogen (secondary N) is 1. The monoisotopic (exact) mass is 243 g/mol. The fourth-order valence-corrected chi connectivity index (χ4v) is 1.51. The molecule has 0 heterocycles. The van der Waals surface area contributed by atoms with E-state index in [9.17, 15) is 9.59 Å². The highest BCUT2D eigenvalue weighted by atomic mass is 16.1. The molecule has 18 heavy (non-hydrogen) atoms. The molecule has 0 fully saturated rings. The SMILES string of the molecule is CC(=O)Cc1cccc(C#CCCNC(C)=O)c1. The Morgan fingerprint density at radius 3 is 2.72 bits per heavy atom. The van der Waals surface area contributed by atoms with Gasteiger partial charge in [-0.25, -0.2) is 0 Å². The summed E-state index contributed by atoms with van der Waals surface area (Å²) in [7, 11) is 0. The Bertz CT molecular complexity index is 495. The molecule has 0 saturated carbocycles. The second-order valence-corrected chi connectivity index (χ2v) is 4.11. The molecule has 0 aromatic heterocycles. The first-order valence-electron chi connectivity index (χ1n) is 5.89. The molecule has 0 radical (unpaired) electrons. The van der Waals surface area contributed by atoms with Gasteiger partial charge in [0.2, 0.25) is 5.91 Å². The third-order valence-electron chi connectivity index (χ3n) is 2.24. The fraction of sp³-hybridized carbons (Fsp3) is 0.333. The van der Waals surface area contributed by atoms with E-state index in [1.807, 2.05) is 24.3 Å². The van der Waals surface area contributed by atoms with Gasteiger partial charge in [-0.05, 0) is 24.6 Å². The van der Waals surface area contributed by atoms with Crippen molar-refractivity contribution >= 4 is 11.7 Å². The predicted molar refractivity (Wildman–Crippen MR) is 71.0 cm³/mol. The topological polar surface area (TPSA) is 46.2 Å². The Morgan fingerprint density at radius 1 is 1.28 bits per heavy atom. The van der Waals surface area contributed by atoms with Gasteiger partial charge in [0.25, 0.3) is 0 Å². The molecule has 0 saturated heterocycles. The van der Waals surface area contributed by atoms with Crippen LogP contribution in [-0.4, -0.2) is 18.2 Å². The van der Waals surface area contributed by atoms with Crippen LogP contribution in [0.15, 0.2) is 24.3 Å². The molecular weight excluding hydrogens is 226 g/mol. The quantitative estimate of drug-likeness (QED) is 0.646. The van der Waals surface area contributed by atoms with Crippen molar-refractivity contribution in [1.29, 1.82) is 0 Å². The Morgan fingerprint density at radius 2 is 2.06 bits per heavy atom. The standard InChI is InChI=1S/C15H17NO2/c1-12(17)10-15-8-5-7-14(11-15)6-3-4-9-16-13(2)18/h5,7-8,11H,4,9-10H2,1-2H3,(H,16,18). The summed E-state index contributed by atoms with van der Waals surface area (Å²) in [4.78, 5) is 21.6. The number of benzene rings is 1. The lowest BCUT2D eigenvalue weighted by Crippen LogP contribution is -2.20. The maximum atomic E-state index is 11.0. The minimum Gasteiger partial charge on any atom is -0.355 e. The maximum absolute atomic E-state index is 11.0. The lowest BCUT2D eigenvalue weighted by Gasteiger charge is -1.98. The van der Waals surface area contributed by atoms with Crippen molar-refractivity contribution in [3.05, 3.63) is 35.4 Å². The van der Waals surface area contributed by atoms with Crippen LogP contribution >= 0.6 is 0 Å². The van der Waals surface area contributed by atoms with Crippen LogP contribution in [0.25, 0.3) is 0 Å². The van der Waals surface area contributed by atoms with Crippen molar-refractivity contribution in [3.63, 3.8) is 0 Å². The van der Waals surface area contributed by atoms with Gasteiger partial charge in [0, 0.05) is 31.9 Å². The van der Waals surface area contributed by atoms with Gasteiger partial charge in [-0.3, -0.25) is 9.59 Å². The Labute approximate surface area is 108 Å². The molecule has 0 atom stereocenters. The number of Topliss-reactive ketones (excluding diaryl/α,β-unsaturated/α-hetero) is 1. The normalized spacial score (nSPS) is 9.22. The zero-order valence-electron chi connectivity index (χ0n) is 10.7. The molecule has 1 aromatic rings. The summed E-state index contributed by atoms with van der Waals surface area (Å²) >= 11 is 0. The largest absolute Gasteiger partial charge is 0.355 e. The second-order valence-electron chi connectivity index (χ2n) is 4.11. The van der Waals surface area contributed by atoms with Gasteiger partial charge in [-0.2, -0.15) is 0 Å². The predicted octanol–water partition coefficient (Wildman–Crippen LogP) is 1.70. The van der Waals surface area contributed by atoms with Gasteiger partial charge in [0.1, 0.15) is 5.78 Å². The van der Waals surface area contributed by atoms with Gasteiger partial charge in [-0.15, -0.1) is 0 Å². The number of amides is 1. The van der Waals surface area contributed by atoms with Gasteiger partial charge in [-0.1, -0.05) is 24.0 Å². The molecule has 0 aliphatic rings. The molecule has 1 N–H and O–H groups in total. The minimum absolute atomic E-state index is 0.0414. The highest BCUT2D eigenvalue weighted by Crippen LogP contribution is 2.05. The summed E-state index contributed by atoms with van der Waals surface area (Å²) in [5, 5.41) is 2.68. The van der Waals surface area contributed by atoms with Crippen molar-refractivity contribution in [1.82, 2.24) is 5.32 Å². The van der Waals surface area contributed by atoms with Crippen LogP contribution in [-0.2, 0) is 16.0 Å². The van der Waals surface area contributed by atoms with Crippen molar-refractivity contribution in [2.24, 2.45) is 0 Å². The summed E-state index contributed by atoms with van der Waals surface area (Å²) in [6, 6.07) is 7.65. The van der Waals surface area contributed by atoms with Gasteiger partial charge < -0.3 is 5.32 Å². The van der Waals surface area contributed by atoms with E-state index in [0.717, 1.165) is 11.1 Å². The van der Waals surface area contributed by atoms with E-state index in [1.54, 1.807) is 6.92 Å². The zero-order chi connectivity index (χ0) is 13.4. The lowest BCUT2D eigenvalue weighted by molar-refractivity contribution is -0.119. The molecular formula is C15H17NO2. The summed E-state index contributed by atoms with van der Waals surface area (Å²) < 4.78 is 0. The van der Waals surface area contributed by atoms with E-state index in [1.165, 1.54) is 6.92 Å². The summed E-state index contributed by atoms with van der Waals surface area (Å²) in [6.07, 6.45) is 1.07. The molecule has 0 spiro atoms. The van der Waals surface area contributed by atoms with E-state index in [4.69, 9.17) is 0 Å². The number of hydrogen-bond acceptors (Lipinski definition) is 2. The molecule has 1 rings (SSSR count). The van der Waals surface area contributed by atoms with E-state index < -0.39 is 0 Å². The van der Waals surface area contributed by atoms with Crippen LogP contribution in [0.4, 0.5) is 0 Å². The lowest BCUT2D eigenvalue weighted by atomic mass is 10.1. The average Bonchev–Trinajstić information content (AvgIpc) is 2.27. The first-order chi connectivity index (χ1) is 8.58. The highest BCUT2D eigenvalue weighted by Gasteiger charge is 1.97. The van der Waals surface area contributed by atoms with E-state index in [0.29, 0.717) is 19.4 Å². The van der Waals surface area contributed by atoms with Crippen LogP contribution in [0.5, 0.6) is 0 Å². The number of ketones is 1. The third-order valence-corrected chi connectivity index (χ3v) is 2.24. The molecule has 0 aliphatic heterocycles. The molecule has 0 unspecified atom stereocenters. The maximum Gasteiger partial charge on any atom is 0.216 e. The van der Waals surface area contributed by atoms with Crippen molar-refractivity contribution < 1.29 is 9.59 Å². The van der Waals surface area contributed by atoms with Crippen molar-refractivity contribution in [2.75, 3.05) is 6.54 Å². The Kier molecular flexibility index (Phi) is 5.66. The van der Waals surface area contributed by atoms with Crippen LogP contribution in [0.2, 0.25) is 0 Å². The van der Waals surface area contributed by atoms with Gasteiger partial charge in [0.15, 0.2) is 0 Å². The fourth-order valence-electron chi connectivity index (χ4n) is 1.51. The van der Waals surface area contributed by atoms with Crippen molar-refractivity contribution in [3.8, 4) is 11.8 Å². The molecule has 1 aromatic carbocycles. The number of rotatable bonds is 4. The van der Waals surface area contributed by atoms with Crippen LogP contribution < -0.4 is 5.32 Å². The second kappa shape index (κ2) is 7.29. The van der Waals surface area contributed by atoms with E-state index in [-0.39, 0.29) is 11.7 Å². The molecule has 1 amide bonds. The summed E-state index contributed by atoms with van der Waals surface area (Å²) in [5.74, 6) is 6.11. The number of hydrogen-bond donors (Lipinski definition) is 1. The highest BCUT2D eigenvalue weighted by molar-refractivity contribution is 5.78. The van der Waals surface area contributed by atoms with Crippen LogP contribution in [0.3, 0.4) is 0 Å². The molecule has 3 heteroatoms. The molecule has 0 aliphatic carbocycles. The Balaban J connectivity index is 2.54.